The number of unbranched alkanes of at least 4 members (excludes halogenated alkanes) is 1. The quantitative estimate of drug-likeness (QED) is 0.499. The standard InChI is InChI=1S/C22H24ClNO5/c1-2-3-13-27-21(25)19-12-11-15-8-6-10-18(20(15)29-19)24-22(26)28-14-16-7-4-5-9-17(16)23/h4-10,19H,2-3,11-14H2,1H3,(H,24,26). The van der Waals surface area contributed by atoms with Crippen molar-refractivity contribution in [2.75, 3.05) is 11.9 Å². The Labute approximate surface area is 175 Å². The fourth-order valence-electron chi connectivity index (χ4n) is 2.99. The third-order valence-corrected chi connectivity index (χ3v) is 4.96. The van der Waals surface area contributed by atoms with E-state index in [9.17, 15) is 9.59 Å². The summed E-state index contributed by atoms with van der Waals surface area (Å²) >= 11 is 6.08. The predicted molar refractivity (Wildman–Crippen MR) is 110 cm³/mol. The Hall–Kier alpha value is -2.73. The Morgan fingerprint density at radius 3 is 2.79 bits per heavy atom. The van der Waals surface area contributed by atoms with Crippen molar-refractivity contribution in [2.45, 2.75) is 45.3 Å². The molecule has 2 aromatic carbocycles. The number of amides is 1. The number of halogens is 1. The number of carbonyl (C=O) groups excluding carboxylic acids is 2. The highest BCUT2D eigenvalue weighted by molar-refractivity contribution is 6.31. The van der Waals surface area contributed by atoms with Gasteiger partial charge in [-0.2, -0.15) is 0 Å². The molecule has 0 aliphatic carbocycles. The van der Waals surface area contributed by atoms with Crippen LogP contribution >= 0.6 is 11.6 Å². The van der Waals surface area contributed by atoms with Gasteiger partial charge in [-0.1, -0.05) is 55.3 Å². The summed E-state index contributed by atoms with van der Waals surface area (Å²) in [5, 5.41) is 3.22. The SMILES string of the molecule is CCCCOC(=O)C1CCc2cccc(NC(=O)OCc3ccccc3Cl)c2O1. The Morgan fingerprint density at radius 2 is 2.00 bits per heavy atom. The minimum absolute atomic E-state index is 0.0494. The first kappa shape index (κ1) is 21.0. The molecule has 0 spiro atoms. The summed E-state index contributed by atoms with van der Waals surface area (Å²) in [6.45, 7) is 2.47. The number of rotatable bonds is 7. The molecule has 0 saturated carbocycles. The minimum Gasteiger partial charge on any atom is -0.476 e. The van der Waals surface area contributed by atoms with E-state index >= 15 is 0 Å². The molecular formula is C22H24ClNO5. The lowest BCUT2D eigenvalue weighted by Crippen LogP contribution is -2.33. The monoisotopic (exact) mass is 417 g/mol. The number of anilines is 1. The summed E-state index contributed by atoms with van der Waals surface area (Å²) in [6.07, 6.45) is 1.66. The van der Waals surface area contributed by atoms with Gasteiger partial charge in [-0.15, -0.1) is 0 Å². The number of nitrogens with one attached hydrogen (secondary N) is 1. The highest BCUT2D eigenvalue weighted by Gasteiger charge is 2.29. The average molecular weight is 418 g/mol. The second-order valence-electron chi connectivity index (χ2n) is 6.75. The molecule has 0 radical (unpaired) electrons. The molecule has 7 heteroatoms. The summed E-state index contributed by atoms with van der Waals surface area (Å²) in [6, 6.07) is 12.6. The molecule has 154 valence electrons. The van der Waals surface area contributed by atoms with Crippen molar-refractivity contribution in [1.82, 2.24) is 0 Å². The number of hydrogen-bond acceptors (Lipinski definition) is 5. The number of hydrogen-bond donors (Lipinski definition) is 1. The van der Waals surface area contributed by atoms with Gasteiger partial charge < -0.3 is 14.2 Å². The van der Waals surface area contributed by atoms with E-state index in [1.807, 2.05) is 31.2 Å². The molecule has 2 aromatic rings. The van der Waals surface area contributed by atoms with E-state index < -0.39 is 12.2 Å². The normalized spacial score (nSPS) is 15.0. The fraction of sp³-hybridized carbons (Fsp3) is 0.364. The van der Waals surface area contributed by atoms with E-state index in [2.05, 4.69) is 5.32 Å². The van der Waals surface area contributed by atoms with Crippen LogP contribution in [0, 0.1) is 0 Å². The van der Waals surface area contributed by atoms with Crippen molar-refractivity contribution in [3.8, 4) is 5.75 Å². The zero-order valence-corrected chi connectivity index (χ0v) is 17.0. The summed E-state index contributed by atoms with van der Waals surface area (Å²) in [4.78, 5) is 24.5. The van der Waals surface area contributed by atoms with Gasteiger partial charge in [-0.05, 0) is 37.0 Å². The first-order chi connectivity index (χ1) is 14.1. The van der Waals surface area contributed by atoms with E-state index in [0.29, 0.717) is 41.5 Å². The van der Waals surface area contributed by atoms with Crippen molar-refractivity contribution < 1.29 is 23.8 Å². The van der Waals surface area contributed by atoms with Crippen LogP contribution in [0.5, 0.6) is 5.75 Å². The zero-order valence-electron chi connectivity index (χ0n) is 16.3. The lowest BCUT2D eigenvalue weighted by molar-refractivity contribution is -0.152. The molecule has 1 unspecified atom stereocenters. The first-order valence-electron chi connectivity index (χ1n) is 9.71. The van der Waals surface area contributed by atoms with Gasteiger partial charge in [0.15, 0.2) is 6.10 Å². The fourth-order valence-corrected chi connectivity index (χ4v) is 3.18. The molecule has 0 aromatic heterocycles. The number of para-hydroxylation sites is 1. The number of ether oxygens (including phenoxy) is 3. The molecule has 29 heavy (non-hydrogen) atoms. The number of aryl methyl sites for hydroxylation is 1. The van der Waals surface area contributed by atoms with Crippen LogP contribution in [0.15, 0.2) is 42.5 Å². The number of esters is 1. The maximum Gasteiger partial charge on any atom is 0.412 e. The van der Waals surface area contributed by atoms with Crippen molar-refractivity contribution in [2.24, 2.45) is 0 Å². The molecule has 0 bridgehead atoms. The van der Waals surface area contributed by atoms with Gasteiger partial charge in [0, 0.05) is 10.6 Å². The maximum atomic E-state index is 12.2. The lowest BCUT2D eigenvalue weighted by Gasteiger charge is -2.26. The van der Waals surface area contributed by atoms with Crippen molar-refractivity contribution in [1.29, 1.82) is 0 Å². The molecule has 1 heterocycles. The van der Waals surface area contributed by atoms with E-state index in [0.717, 1.165) is 18.4 Å². The Bertz CT molecular complexity index is 870. The third-order valence-electron chi connectivity index (χ3n) is 4.59. The average Bonchev–Trinajstić information content (AvgIpc) is 2.73. The number of benzene rings is 2. The second kappa shape index (κ2) is 10.2. The van der Waals surface area contributed by atoms with Crippen molar-refractivity contribution >= 4 is 29.4 Å². The van der Waals surface area contributed by atoms with Crippen LogP contribution in [0.1, 0.15) is 37.3 Å². The molecule has 0 fully saturated rings. The molecule has 1 N–H and O–H groups in total. The minimum atomic E-state index is -0.679. The van der Waals surface area contributed by atoms with Gasteiger partial charge in [0.2, 0.25) is 0 Å². The first-order valence-corrected chi connectivity index (χ1v) is 10.1. The molecule has 3 rings (SSSR count). The predicted octanol–water partition coefficient (Wildman–Crippen LogP) is 5.13. The van der Waals surface area contributed by atoms with Gasteiger partial charge in [0.25, 0.3) is 0 Å². The van der Waals surface area contributed by atoms with Crippen molar-refractivity contribution in [3.05, 3.63) is 58.6 Å². The summed E-state index contributed by atoms with van der Waals surface area (Å²) in [5.74, 6) is 0.103. The molecule has 1 amide bonds. The highest BCUT2D eigenvalue weighted by atomic mass is 35.5. The number of fused-ring (bicyclic) bond motifs is 1. The van der Waals surface area contributed by atoms with E-state index in [-0.39, 0.29) is 12.6 Å². The van der Waals surface area contributed by atoms with Crippen LogP contribution in [0.2, 0.25) is 5.02 Å². The zero-order chi connectivity index (χ0) is 20.6. The Kier molecular flexibility index (Phi) is 7.36. The van der Waals surface area contributed by atoms with Crippen LogP contribution in [-0.4, -0.2) is 24.8 Å². The topological polar surface area (TPSA) is 73.9 Å². The van der Waals surface area contributed by atoms with Gasteiger partial charge in [0.05, 0.1) is 12.3 Å². The summed E-state index contributed by atoms with van der Waals surface area (Å²) in [5.41, 5.74) is 2.09. The molecule has 1 aliphatic rings. The maximum absolute atomic E-state index is 12.2. The Morgan fingerprint density at radius 1 is 1.17 bits per heavy atom. The van der Waals surface area contributed by atoms with Gasteiger partial charge in [0.1, 0.15) is 12.4 Å². The molecule has 6 nitrogen and oxygen atoms in total. The van der Waals surface area contributed by atoms with Crippen LogP contribution in [0.3, 0.4) is 0 Å². The molecule has 1 atom stereocenters. The lowest BCUT2D eigenvalue weighted by atomic mass is 10.0. The van der Waals surface area contributed by atoms with E-state index in [1.165, 1.54) is 0 Å². The molecule has 0 saturated heterocycles. The van der Waals surface area contributed by atoms with Gasteiger partial charge >= 0.3 is 12.1 Å². The second-order valence-corrected chi connectivity index (χ2v) is 7.16. The molecule has 1 aliphatic heterocycles. The largest absolute Gasteiger partial charge is 0.476 e. The van der Waals surface area contributed by atoms with Crippen LogP contribution < -0.4 is 10.1 Å². The van der Waals surface area contributed by atoms with Crippen LogP contribution in [0.4, 0.5) is 10.5 Å². The van der Waals surface area contributed by atoms with Gasteiger partial charge in [-0.25, -0.2) is 9.59 Å². The van der Waals surface area contributed by atoms with E-state index in [1.54, 1.807) is 18.2 Å². The van der Waals surface area contributed by atoms with Crippen LogP contribution in [-0.2, 0) is 27.3 Å². The van der Waals surface area contributed by atoms with Gasteiger partial charge in [-0.3, -0.25) is 5.32 Å². The Balaban J connectivity index is 1.62. The van der Waals surface area contributed by atoms with Crippen LogP contribution in [0.25, 0.3) is 0 Å². The third kappa shape index (κ3) is 5.64. The number of carbonyl (C=O) groups is 2. The van der Waals surface area contributed by atoms with Crippen molar-refractivity contribution in [3.63, 3.8) is 0 Å². The summed E-state index contributed by atoms with van der Waals surface area (Å²) in [7, 11) is 0. The molecular weight excluding hydrogens is 394 g/mol. The van der Waals surface area contributed by atoms with E-state index in [4.69, 9.17) is 25.8 Å². The summed E-state index contributed by atoms with van der Waals surface area (Å²) < 4.78 is 16.4. The smallest absolute Gasteiger partial charge is 0.412 e. The highest BCUT2D eigenvalue weighted by Crippen LogP contribution is 2.35.